The number of hydrogen-bond donors (Lipinski definition) is 1. The maximum Gasteiger partial charge on any atom is 0.274 e. The zero-order valence-electron chi connectivity index (χ0n) is 20.0. The largest absolute Gasteiger partial charge is 0.481 e. The molecule has 1 saturated carbocycles. The Hall–Kier alpha value is -3.26. The number of methoxy groups -OCH3 is 1. The number of hydrogen-bond acceptors (Lipinski definition) is 6. The van der Waals surface area contributed by atoms with Crippen molar-refractivity contribution in [3.63, 3.8) is 0 Å². The van der Waals surface area contributed by atoms with E-state index in [1.165, 1.54) is 35.3 Å². The average molecular weight is 476 g/mol. The van der Waals surface area contributed by atoms with Gasteiger partial charge >= 0.3 is 0 Å². The number of carbonyl (C=O) groups excluding carboxylic acids is 1. The van der Waals surface area contributed by atoms with E-state index in [4.69, 9.17) is 9.72 Å². The molecule has 0 atom stereocenters. The number of rotatable bonds is 8. The molecule has 0 spiro atoms. The first-order valence-electron chi connectivity index (χ1n) is 11.6. The summed E-state index contributed by atoms with van der Waals surface area (Å²) in [6.07, 6.45) is 4.77. The number of aromatic nitrogens is 4. The van der Waals surface area contributed by atoms with Gasteiger partial charge in [0, 0.05) is 37.3 Å². The quantitative estimate of drug-likeness (QED) is 0.383. The number of H-pyrrole nitrogens is 1. The number of thiazole rings is 1. The fourth-order valence-electron chi connectivity index (χ4n) is 4.12. The number of pyridine rings is 1. The second kappa shape index (κ2) is 9.18. The van der Waals surface area contributed by atoms with Crippen molar-refractivity contribution < 1.29 is 9.53 Å². The van der Waals surface area contributed by atoms with Crippen molar-refractivity contribution in [1.29, 1.82) is 0 Å². The Labute approximate surface area is 203 Å². The van der Waals surface area contributed by atoms with Crippen molar-refractivity contribution >= 4 is 28.3 Å². The number of ether oxygens (including phenoxy) is 1. The first kappa shape index (κ1) is 22.5. The number of nitrogens with zero attached hydrogens (tertiary/aromatic N) is 4. The van der Waals surface area contributed by atoms with Gasteiger partial charge in [-0.1, -0.05) is 0 Å². The molecule has 1 aliphatic rings. The summed E-state index contributed by atoms with van der Waals surface area (Å²) in [5.41, 5.74) is 5.88. The van der Waals surface area contributed by atoms with Crippen LogP contribution in [-0.2, 0) is 6.42 Å². The third-order valence-electron chi connectivity index (χ3n) is 6.37. The van der Waals surface area contributed by atoms with E-state index in [2.05, 4.69) is 40.9 Å². The lowest BCUT2D eigenvalue weighted by atomic mass is 10.1. The number of imidazole rings is 1. The van der Waals surface area contributed by atoms with Gasteiger partial charge in [0.1, 0.15) is 11.5 Å². The van der Waals surface area contributed by atoms with Gasteiger partial charge in [0.2, 0.25) is 5.88 Å². The minimum Gasteiger partial charge on any atom is -0.481 e. The van der Waals surface area contributed by atoms with Gasteiger partial charge in [-0.05, 0) is 68.9 Å². The van der Waals surface area contributed by atoms with Gasteiger partial charge in [-0.3, -0.25) is 4.79 Å². The van der Waals surface area contributed by atoms with Crippen LogP contribution in [0.4, 0.5) is 0 Å². The molecule has 1 aromatic carbocycles. The van der Waals surface area contributed by atoms with E-state index in [9.17, 15) is 4.79 Å². The van der Waals surface area contributed by atoms with E-state index in [-0.39, 0.29) is 5.91 Å². The summed E-state index contributed by atoms with van der Waals surface area (Å²) in [6, 6.07) is 8.00. The summed E-state index contributed by atoms with van der Waals surface area (Å²) < 4.78 is 5.18. The van der Waals surface area contributed by atoms with Crippen LogP contribution in [0.1, 0.15) is 45.3 Å². The summed E-state index contributed by atoms with van der Waals surface area (Å²) in [7, 11) is 1.59. The summed E-state index contributed by atoms with van der Waals surface area (Å²) in [5.74, 6) is 2.01. The Morgan fingerprint density at radius 2 is 1.97 bits per heavy atom. The van der Waals surface area contributed by atoms with Crippen molar-refractivity contribution in [2.45, 2.75) is 40.0 Å². The maximum absolute atomic E-state index is 13.7. The van der Waals surface area contributed by atoms with Crippen LogP contribution in [-0.4, -0.2) is 50.9 Å². The van der Waals surface area contributed by atoms with Crippen molar-refractivity contribution in [2.24, 2.45) is 5.92 Å². The SMILES string of the molecule is COc1ccc(-c2sc(C)nc2C(=O)N(CCc2nc3cc(C)c(C)cc3[nH]2)CC2CC2)cn1. The molecule has 3 aromatic heterocycles. The molecule has 5 rings (SSSR count). The van der Waals surface area contributed by atoms with Crippen molar-refractivity contribution in [1.82, 2.24) is 24.8 Å². The third kappa shape index (κ3) is 4.68. The standard InChI is InChI=1S/C26H29N5O2S/c1-15-11-20-21(12-16(15)2)30-22(29-20)9-10-31(14-18-5-6-18)26(32)24-25(34-17(3)28-24)19-7-8-23(33-4)27-13-19/h7-8,11-13,18H,5-6,9-10,14H2,1-4H3,(H,29,30). The van der Waals surface area contributed by atoms with Crippen LogP contribution >= 0.6 is 11.3 Å². The smallest absolute Gasteiger partial charge is 0.274 e. The highest BCUT2D eigenvalue weighted by atomic mass is 32.1. The lowest BCUT2D eigenvalue weighted by Gasteiger charge is -2.22. The molecule has 0 bridgehead atoms. The molecule has 8 heteroatoms. The number of aromatic amines is 1. The molecular weight excluding hydrogens is 446 g/mol. The Morgan fingerprint density at radius 1 is 1.18 bits per heavy atom. The monoisotopic (exact) mass is 475 g/mol. The maximum atomic E-state index is 13.7. The fraction of sp³-hybridized carbons (Fsp3) is 0.385. The first-order valence-corrected chi connectivity index (χ1v) is 12.5. The Kier molecular flexibility index (Phi) is 6.08. The fourth-order valence-corrected chi connectivity index (χ4v) is 5.02. The highest BCUT2D eigenvalue weighted by Crippen LogP contribution is 2.34. The summed E-state index contributed by atoms with van der Waals surface area (Å²) >= 11 is 1.52. The molecule has 0 aliphatic heterocycles. The predicted octanol–water partition coefficient (Wildman–Crippen LogP) is 5.11. The molecule has 4 aromatic rings. The number of benzene rings is 1. The molecule has 1 amide bonds. The Bertz CT molecular complexity index is 1300. The topological polar surface area (TPSA) is 84.0 Å². The summed E-state index contributed by atoms with van der Waals surface area (Å²) in [4.78, 5) is 33.7. The Morgan fingerprint density at radius 3 is 2.68 bits per heavy atom. The van der Waals surface area contributed by atoms with Crippen LogP contribution in [0.5, 0.6) is 5.88 Å². The van der Waals surface area contributed by atoms with Crippen LogP contribution in [0.15, 0.2) is 30.5 Å². The van der Waals surface area contributed by atoms with E-state index in [1.54, 1.807) is 13.3 Å². The number of amides is 1. The van der Waals surface area contributed by atoms with Crippen LogP contribution < -0.4 is 4.74 Å². The first-order chi connectivity index (χ1) is 16.4. The second-order valence-corrected chi connectivity index (χ2v) is 10.3. The van der Waals surface area contributed by atoms with Gasteiger partial charge in [0.15, 0.2) is 0 Å². The molecule has 0 saturated heterocycles. The highest BCUT2D eigenvalue weighted by molar-refractivity contribution is 7.15. The zero-order chi connectivity index (χ0) is 23.8. The highest BCUT2D eigenvalue weighted by Gasteiger charge is 2.30. The number of aryl methyl sites for hydroxylation is 3. The zero-order valence-corrected chi connectivity index (χ0v) is 20.8. The van der Waals surface area contributed by atoms with Crippen LogP contribution in [0.2, 0.25) is 0 Å². The molecule has 1 aliphatic carbocycles. The second-order valence-electron chi connectivity index (χ2n) is 9.08. The van der Waals surface area contributed by atoms with E-state index >= 15 is 0 Å². The van der Waals surface area contributed by atoms with E-state index in [0.29, 0.717) is 30.5 Å². The summed E-state index contributed by atoms with van der Waals surface area (Å²) in [5, 5.41) is 0.864. The van der Waals surface area contributed by atoms with Crippen LogP contribution in [0.3, 0.4) is 0 Å². The van der Waals surface area contributed by atoms with Crippen molar-refractivity contribution in [3.8, 4) is 16.3 Å². The molecule has 3 heterocycles. The number of fused-ring (bicyclic) bond motifs is 1. The van der Waals surface area contributed by atoms with Crippen LogP contribution in [0, 0.1) is 26.7 Å². The molecule has 1 N–H and O–H groups in total. The van der Waals surface area contributed by atoms with Crippen LogP contribution in [0.25, 0.3) is 21.5 Å². The third-order valence-corrected chi connectivity index (χ3v) is 7.39. The minimum atomic E-state index is -0.0233. The van der Waals surface area contributed by atoms with Gasteiger partial charge in [0.05, 0.1) is 28.0 Å². The van der Waals surface area contributed by atoms with Gasteiger partial charge < -0.3 is 14.6 Å². The number of nitrogens with one attached hydrogen (secondary N) is 1. The predicted molar refractivity (Wildman–Crippen MR) is 135 cm³/mol. The molecule has 0 radical (unpaired) electrons. The summed E-state index contributed by atoms with van der Waals surface area (Å²) in [6.45, 7) is 7.51. The van der Waals surface area contributed by atoms with Gasteiger partial charge in [-0.2, -0.15) is 0 Å². The Balaban J connectivity index is 1.39. The molecule has 7 nitrogen and oxygen atoms in total. The van der Waals surface area contributed by atoms with Gasteiger partial charge in [-0.15, -0.1) is 11.3 Å². The van der Waals surface area contributed by atoms with E-state index in [0.717, 1.165) is 38.9 Å². The molecule has 0 unspecified atom stereocenters. The minimum absolute atomic E-state index is 0.0233. The van der Waals surface area contributed by atoms with Crippen molar-refractivity contribution in [3.05, 3.63) is 58.1 Å². The van der Waals surface area contributed by atoms with Crippen molar-refractivity contribution in [2.75, 3.05) is 20.2 Å². The lowest BCUT2D eigenvalue weighted by Crippen LogP contribution is -2.35. The molecule has 1 fully saturated rings. The molecule has 34 heavy (non-hydrogen) atoms. The lowest BCUT2D eigenvalue weighted by molar-refractivity contribution is 0.0744. The molecular formula is C26H29N5O2S. The van der Waals surface area contributed by atoms with E-state index < -0.39 is 0 Å². The normalized spacial score (nSPS) is 13.4. The molecule has 176 valence electrons. The number of carbonyl (C=O) groups is 1. The average Bonchev–Trinajstić information content (AvgIpc) is 3.44. The van der Waals surface area contributed by atoms with Gasteiger partial charge in [0.25, 0.3) is 5.91 Å². The van der Waals surface area contributed by atoms with E-state index in [1.807, 2.05) is 24.0 Å². The van der Waals surface area contributed by atoms with Gasteiger partial charge in [-0.25, -0.2) is 15.0 Å².